The van der Waals surface area contributed by atoms with E-state index in [9.17, 15) is 13.2 Å². The highest BCUT2D eigenvalue weighted by molar-refractivity contribution is 7.89. The number of aromatic nitrogens is 1. The molecule has 0 radical (unpaired) electrons. The Morgan fingerprint density at radius 3 is 2.28 bits per heavy atom. The first-order chi connectivity index (χ1) is 11.7. The van der Waals surface area contributed by atoms with Gasteiger partial charge in [-0.2, -0.15) is 4.31 Å². The smallest absolute Gasteiger partial charge is 0.243 e. The van der Waals surface area contributed by atoms with Crippen LogP contribution in [0.2, 0.25) is 0 Å². The van der Waals surface area contributed by atoms with Crippen LogP contribution in [-0.4, -0.2) is 36.7 Å². The molecule has 5 nitrogen and oxygen atoms in total. The second-order valence-corrected chi connectivity index (χ2v) is 8.48. The maximum absolute atomic E-state index is 12.7. The van der Waals surface area contributed by atoms with Gasteiger partial charge in [-0.15, -0.1) is 0 Å². The maximum atomic E-state index is 12.7. The van der Waals surface area contributed by atoms with Crippen molar-refractivity contribution in [1.82, 2.24) is 8.87 Å². The Bertz CT molecular complexity index is 865. The molecular formula is C19H26N2O3S. The highest BCUT2D eigenvalue weighted by Gasteiger charge is 2.25. The van der Waals surface area contributed by atoms with Crippen molar-refractivity contribution >= 4 is 15.8 Å². The predicted octanol–water partition coefficient (Wildman–Crippen LogP) is 3.33. The number of hydrogen-bond acceptors (Lipinski definition) is 3. The van der Waals surface area contributed by atoms with Crippen molar-refractivity contribution in [2.75, 3.05) is 13.6 Å². The molecule has 0 aliphatic rings. The zero-order valence-electron chi connectivity index (χ0n) is 15.5. The van der Waals surface area contributed by atoms with E-state index >= 15 is 0 Å². The lowest BCUT2D eigenvalue weighted by molar-refractivity contribution is 0.0972. The molecule has 2 aromatic rings. The summed E-state index contributed by atoms with van der Waals surface area (Å²) in [5.74, 6) is -0.186. The number of carbonyl (C=O) groups excluding carboxylic acids is 1. The van der Waals surface area contributed by atoms with Crippen LogP contribution >= 0.6 is 0 Å². The summed E-state index contributed by atoms with van der Waals surface area (Å²) in [6.07, 6.45) is 0.978. The number of hydrogen-bond donors (Lipinski definition) is 0. The van der Waals surface area contributed by atoms with E-state index in [-0.39, 0.29) is 17.2 Å². The van der Waals surface area contributed by atoms with Gasteiger partial charge in [-0.25, -0.2) is 8.42 Å². The van der Waals surface area contributed by atoms with Crippen LogP contribution in [0.25, 0.3) is 0 Å². The van der Waals surface area contributed by atoms with Crippen LogP contribution in [0.4, 0.5) is 0 Å². The molecule has 0 spiro atoms. The van der Waals surface area contributed by atoms with Gasteiger partial charge >= 0.3 is 0 Å². The first-order valence-corrected chi connectivity index (χ1v) is 9.85. The number of sulfonamides is 1. The van der Waals surface area contributed by atoms with E-state index in [1.54, 1.807) is 24.3 Å². The monoisotopic (exact) mass is 362 g/mol. The summed E-state index contributed by atoms with van der Waals surface area (Å²) in [7, 11) is -2.24. The topological polar surface area (TPSA) is 59.4 Å². The number of carbonyl (C=O) groups is 1. The van der Waals surface area contributed by atoms with E-state index < -0.39 is 10.0 Å². The lowest BCUT2D eigenvalue weighted by atomic mass is 10.1. The minimum atomic E-state index is -3.68. The van der Waals surface area contributed by atoms with Crippen molar-refractivity contribution in [3.63, 3.8) is 0 Å². The highest BCUT2D eigenvalue weighted by atomic mass is 32.2. The molecular weight excluding hydrogens is 336 g/mol. The lowest BCUT2D eigenvalue weighted by Gasteiger charge is -2.16. The first kappa shape index (κ1) is 19.4. The number of rotatable bonds is 7. The van der Waals surface area contributed by atoms with Gasteiger partial charge < -0.3 is 4.57 Å². The molecule has 0 atom stereocenters. The molecule has 1 aromatic carbocycles. The van der Waals surface area contributed by atoms with Crippen molar-refractivity contribution in [3.05, 3.63) is 52.8 Å². The van der Waals surface area contributed by atoms with Gasteiger partial charge in [0.25, 0.3) is 0 Å². The SMILES string of the molecule is CCCn1c(C)cc(C(=O)CN(C)S(=O)(=O)c2ccc(C)cc2)c1C. The van der Waals surface area contributed by atoms with E-state index in [1.165, 1.54) is 7.05 Å². The minimum absolute atomic E-state index is 0.174. The van der Waals surface area contributed by atoms with E-state index in [0.717, 1.165) is 34.2 Å². The van der Waals surface area contributed by atoms with Crippen LogP contribution in [0.3, 0.4) is 0 Å². The zero-order chi connectivity index (χ0) is 18.8. The summed E-state index contributed by atoms with van der Waals surface area (Å²) in [4.78, 5) is 12.9. The molecule has 0 aliphatic heterocycles. The third-order valence-electron chi connectivity index (χ3n) is 4.42. The van der Waals surface area contributed by atoms with Crippen LogP contribution in [0.1, 0.15) is 40.7 Å². The molecule has 0 saturated heterocycles. The van der Waals surface area contributed by atoms with Gasteiger partial charge in [-0.1, -0.05) is 24.6 Å². The number of Topliss-reactive ketones (excluding diaryl/α,β-unsaturated/α-hetero) is 1. The number of ketones is 1. The molecule has 0 fully saturated rings. The minimum Gasteiger partial charge on any atom is -0.348 e. The Balaban J connectivity index is 2.22. The standard InChI is InChI=1S/C19H26N2O3S/c1-6-11-21-15(3)12-18(16(21)4)19(22)13-20(5)25(23,24)17-9-7-14(2)8-10-17/h7-10,12H,6,11,13H2,1-5H3. The van der Waals surface area contributed by atoms with E-state index in [2.05, 4.69) is 11.5 Å². The molecule has 0 unspecified atom stereocenters. The fraction of sp³-hybridized carbons (Fsp3) is 0.421. The summed E-state index contributed by atoms with van der Waals surface area (Å²) in [6, 6.07) is 8.49. The Morgan fingerprint density at radius 2 is 1.72 bits per heavy atom. The number of nitrogens with zero attached hydrogens (tertiary/aromatic N) is 2. The third kappa shape index (κ3) is 4.02. The summed E-state index contributed by atoms with van der Waals surface area (Å²) in [5, 5.41) is 0. The Morgan fingerprint density at radius 1 is 1.12 bits per heavy atom. The molecule has 6 heteroatoms. The summed E-state index contributed by atoms with van der Waals surface area (Å²) >= 11 is 0. The summed E-state index contributed by atoms with van der Waals surface area (Å²) < 4.78 is 28.5. The first-order valence-electron chi connectivity index (χ1n) is 8.41. The Labute approximate surface area is 150 Å². The van der Waals surface area contributed by atoms with Gasteiger partial charge in [-0.3, -0.25) is 4.79 Å². The van der Waals surface area contributed by atoms with Gasteiger partial charge in [0.05, 0.1) is 11.4 Å². The molecule has 25 heavy (non-hydrogen) atoms. The Hall–Kier alpha value is -1.92. The predicted molar refractivity (Wildman–Crippen MR) is 99.5 cm³/mol. The van der Waals surface area contributed by atoms with Crippen LogP contribution in [0, 0.1) is 20.8 Å². The number of likely N-dealkylation sites (N-methyl/N-ethyl adjacent to an activating group) is 1. The van der Waals surface area contributed by atoms with Gasteiger partial charge in [-0.05, 0) is 45.4 Å². The van der Waals surface area contributed by atoms with Crippen LogP contribution in [0.15, 0.2) is 35.2 Å². The number of aryl methyl sites for hydroxylation is 2. The molecule has 1 heterocycles. The molecule has 0 amide bonds. The van der Waals surface area contributed by atoms with Gasteiger partial charge in [0, 0.05) is 30.5 Å². The van der Waals surface area contributed by atoms with Crippen LogP contribution in [0.5, 0.6) is 0 Å². The van der Waals surface area contributed by atoms with E-state index in [1.807, 2.05) is 26.8 Å². The largest absolute Gasteiger partial charge is 0.348 e. The van der Waals surface area contributed by atoms with Crippen LogP contribution in [-0.2, 0) is 16.6 Å². The lowest BCUT2D eigenvalue weighted by Crippen LogP contribution is -2.32. The third-order valence-corrected chi connectivity index (χ3v) is 6.23. The molecule has 136 valence electrons. The molecule has 0 saturated carbocycles. The van der Waals surface area contributed by atoms with E-state index in [4.69, 9.17) is 0 Å². The fourth-order valence-electron chi connectivity index (χ4n) is 2.91. The van der Waals surface area contributed by atoms with Crippen molar-refractivity contribution in [2.45, 2.75) is 45.6 Å². The van der Waals surface area contributed by atoms with Gasteiger partial charge in [0.15, 0.2) is 5.78 Å². The average Bonchev–Trinajstić information content (AvgIpc) is 2.83. The summed E-state index contributed by atoms with van der Waals surface area (Å²) in [6.45, 7) is 8.53. The Kier molecular flexibility index (Phi) is 5.85. The average molecular weight is 362 g/mol. The quantitative estimate of drug-likeness (QED) is 0.710. The second-order valence-electron chi connectivity index (χ2n) is 6.43. The van der Waals surface area contributed by atoms with Crippen molar-refractivity contribution < 1.29 is 13.2 Å². The van der Waals surface area contributed by atoms with Gasteiger partial charge in [0.1, 0.15) is 0 Å². The fourth-order valence-corrected chi connectivity index (χ4v) is 4.04. The zero-order valence-corrected chi connectivity index (χ0v) is 16.4. The molecule has 0 aliphatic carbocycles. The van der Waals surface area contributed by atoms with Crippen molar-refractivity contribution in [3.8, 4) is 0 Å². The molecule has 0 N–H and O–H groups in total. The van der Waals surface area contributed by atoms with Crippen molar-refractivity contribution in [2.24, 2.45) is 0 Å². The highest BCUT2D eigenvalue weighted by Crippen LogP contribution is 2.19. The van der Waals surface area contributed by atoms with Crippen LogP contribution < -0.4 is 0 Å². The maximum Gasteiger partial charge on any atom is 0.243 e. The van der Waals surface area contributed by atoms with E-state index in [0.29, 0.717) is 5.56 Å². The molecule has 0 bridgehead atoms. The second kappa shape index (κ2) is 7.54. The number of benzene rings is 1. The van der Waals surface area contributed by atoms with Gasteiger partial charge in [0.2, 0.25) is 10.0 Å². The normalized spacial score (nSPS) is 11.9. The summed E-state index contributed by atoms with van der Waals surface area (Å²) in [5.41, 5.74) is 3.50. The molecule has 2 rings (SSSR count). The molecule has 1 aromatic heterocycles. The van der Waals surface area contributed by atoms with Crippen molar-refractivity contribution in [1.29, 1.82) is 0 Å².